The Labute approximate surface area is 157 Å². The van der Waals surface area contributed by atoms with E-state index in [0.29, 0.717) is 18.7 Å². The summed E-state index contributed by atoms with van der Waals surface area (Å²) in [6.45, 7) is 2.44. The van der Waals surface area contributed by atoms with Crippen molar-refractivity contribution in [1.82, 2.24) is 10.2 Å². The molecule has 3 aromatic rings. The first-order valence-electron chi connectivity index (χ1n) is 9.27. The fourth-order valence-electron chi connectivity index (χ4n) is 3.59. The van der Waals surface area contributed by atoms with Crippen LogP contribution in [0, 0.1) is 0 Å². The Kier molecular flexibility index (Phi) is 4.71. The molecular formula is C21H22N2O4. The second-order valence-corrected chi connectivity index (χ2v) is 6.90. The quantitative estimate of drug-likeness (QED) is 0.760. The first kappa shape index (κ1) is 17.4. The van der Waals surface area contributed by atoms with Gasteiger partial charge in [-0.2, -0.15) is 0 Å². The molecule has 0 saturated carbocycles. The van der Waals surface area contributed by atoms with Crippen molar-refractivity contribution in [2.75, 3.05) is 6.54 Å². The lowest BCUT2D eigenvalue weighted by molar-refractivity contribution is -0.127. The molecule has 2 amide bonds. The fourth-order valence-corrected chi connectivity index (χ4v) is 3.59. The van der Waals surface area contributed by atoms with Gasteiger partial charge in [-0.05, 0) is 50.5 Å². The number of nitrogens with one attached hydrogen (secondary N) is 1. The third-order valence-corrected chi connectivity index (χ3v) is 5.03. The average Bonchev–Trinajstić information content (AvgIpc) is 3.37. The van der Waals surface area contributed by atoms with Gasteiger partial charge < -0.3 is 19.1 Å². The van der Waals surface area contributed by atoms with Crippen molar-refractivity contribution in [3.63, 3.8) is 0 Å². The first-order valence-corrected chi connectivity index (χ1v) is 9.27. The molecule has 0 radical (unpaired) electrons. The molecule has 140 valence electrons. The number of carbonyl (C=O) groups is 2. The van der Waals surface area contributed by atoms with Crippen LogP contribution in [0.2, 0.25) is 0 Å². The van der Waals surface area contributed by atoms with E-state index in [0.717, 1.165) is 23.8 Å². The van der Waals surface area contributed by atoms with Gasteiger partial charge in [0.05, 0.1) is 12.3 Å². The van der Waals surface area contributed by atoms with Gasteiger partial charge in [0, 0.05) is 11.9 Å². The molecular weight excluding hydrogens is 344 g/mol. The molecule has 6 nitrogen and oxygen atoms in total. The normalized spacial score (nSPS) is 18.4. The summed E-state index contributed by atoms with van der Waals surface area (Å²) in [5.41, 5.74) is 0.792. The number of piperidine rings is 1. The molecule has 1 aliphatic heterocycles. The molecule has 2 atom stereocenters. The third-order valence-electron chi connectivity index (χ3n) is 5.03. The van der Waals surface area contributed by atoms with Crippen molar-refractivity contribution in [2.24, 2.45) is 0 Å². The van der Waals surface area contributed by atoms with E-state index in [1.54, 1.807) is 17.0 Å². The predicted octanol–water partition coefficient (Wildman–Crippen LogP) is 3.90. The molecule has 1 aliphatic rings. The molecule has 0 aliphatic carbocycles. The molecule has 1 fully saturated rings. The Bertz CT molecular complexity index is 911. The van der Waals surface area contributed by atoms with Crippen molar-refractivity contribution >= 4 is 22.8 Å². The van der Waals surface area contributed by atoms with Crippen molar-refractivity contribution < 1.29 is 18.4 Å². The smallest absolute Gasteiger partial charge is 0.290 e. The Morgan fingerprint density at radius 2 is 2.04 bits per heavy atom. The highest BCUT2D eigenvalue weighted by atomic mass is 16.3. The number of furan rings is 2. The van der Waals surface area contributed by atoms with Crippen LogP contribution in [0.5, 0.6) is 0 Å². The summed E-state index contributed by atoms with van der Waals surface area (Å²) in [6, 6.07) is 12.2. The van der Waals surface area contributed by atoms with E-state index in [2.05, 4.69) is 5.32 Å². The van der Waals surface area contributed by atoms with E-state index in [9.17, 15) is 9.59 Å². The van der Waals surface area contributed by atoms with Crippen LogP contribution in [0.1, 0.15) is 48.5 Å². The molecule has 3 heterocycles. The molecule has 1 N–H and O–H groups in total. The van der Waals surface area contributed by atoms with Gasteiger partial charge in [-0.1, -0.05) is 18.2 Å². The number of rotatable bonds is 4. The number of likely N-dealkylation sites (tertiary alicyclic amines) is 1. The van der Waals surface area contributed by atoms with Crippen LogP contribution >= 0.6 is 0 Å². The molecule has 1 saturated heterocycles. The monoisotopic (exact) mass is 366 g/mol. The largest absolute Gasteiger partial charge is 0.459 e. The van der Waals surface area contributed by atoms with Crippen LogP contribution in [0.4, 0.5) is 0 Å². The molecule has 6 heteroatoms. The van der Waals surface area contributed by atoms with Gasteiger partial charge in [0.2, 0.25) is 5.91 Å². The molecule has 2 unspecified atom stereocenters. The maximum atomic E-state index is 12.9. The molecule has 2 aromatic heterocycles. The minimum absolute atomic E-state index is 0.164. The lowest BCUT2D eigenvalue weighted by Gasteiger charge is -2.34. The summed E-state index contributed by atoms with van der Waals surface area (Å²) in [6.07, 6.45) is 3.91. The third kappa shape index (κ3) is 3.47. The predicted molar refractivity (Wildman–Crippen MR) is 100 cm³/mol. The Hall–Kier alpha value is -3.02. The van der Waals surface area contributed by atoms with E-state index >= 15 is 0 Å². The van der Waals surface area contributed by atoms with Crippen molar-refractivity contribution in [1.29, 1.82) is 0 Å². The van der Waals surface area contributed by atoms with Crippen LogP contribution in [-0.4, -0.2) is 29.3 Å². The highest BCUT2D eigenvalue weighted by Gasteiger charge is 2.34. The van der Waals surface area contributed by atoms with E-state index in [1.165, 1.54) is 6.26 Å². The minimum atomic E-state index is -0.497. The number of nitrogens with zero attached hydrogens (tertiary/aromatic N) is 1. The highest BCUT2D eigenvalue weighted by molar-refractivity contribution is 5.95. The number of para-hydroxylation sites is 1. The Morgan fingerprint density at radius 1 is 1.19 bits per heavy atom. The van der Waals surface area contributed by atoms with Crippen molar-refractivity contribution in [3.8, 4) is 0 Å². The van der Waals surface area contributed by atoms with E-state index < -0.39 is 6.04 Å². The number of hydrogen-bond donors (Lipinski definition) is 1. The molecule has 0 bridgehead atoms. The zero-order valence-electron chi connectivity index (χ0n) is 15.2. The highest BCUT2D eigenvalue weighted by Crippen LogP contribution is 2.25. The van der Waals surface area contributed by atoms with Crippen molar-refractivity contribution in [3.05, 3.63) is 60.2 Å². The summed E-state index contributed by atoms with van der Waals surface area (Å²) in [7, 11) is 0. The summed E-state index contributed by atoms with van der Waals surface area (Å²) < 4.78 is 11.1. The second-order valence-electron chi connectivity index (χ2n) is 6.90. The van der Waals surface area contributed by atoms with Gasteiger partial charge in [-0.25, -0.2) is 0 Å². The van der Waals surface area contributed by atoms with Crippen molar-refractivity contribution in [2.45, 2.75) is 38.3 Å². The van der Waals surface area contributed by atoms with Crippen LogP contribution < -0.4 is 5.32 Å². The zero-order chi connectivity index (χ0) is 18.8. The van der Waals surface area contributed by atoms with Crippen LogP contribution in [0.25, 0.3) is 11.0 Å². The summed E-state index contributed by atoms with van der Waals surface area (Å²) in [5.74, 6) is 0.558. The van der Waals surface area contributed by atoms with Gasteiger partial charge in [0.25, 0.3) is 5.91 Å². The topological polar surface area (TPSA) is 75.7 Å². The van der Waals surface area contributed by atoms with Crippen LogP contribution in [0.15, 0.2) is 57.6 Å². The minimum Gasteiger partial charge on any atom is -0.459 e. The van der Waals surface area contributed by atoms with Gasteiger partial charge in [-0.3, -0.25) is 9.59 Å². The summed E-state index contributed by atoms with van der Waals surface area (Å²) in [4.78, 5) is 27.2. The molecule has 1 aromatic carbocycles. The second kappa shape index (κ2) is 7.31. The zero-order valence-corrected chi connectivity index (χ0v) is 15.2. The first-order chi connectivity index (χ1) is 13.1. The number of amides is 2. The van der Waals surface area contributed by atoms with Gasteiger partial charge in [0.15, 0.2) is 5.76 Å². The standard InChI is InChI=1S/C21H22N2O4/c1-14(19-13-15-7-2-3-9-17(15)27-19)22-20(24)16-8-4-5-11-23(16)21(25)18-10-6-12-26-18/h2-3,6-7,9-10,12-14,16H,4-5,8,11H2,1H3,(H,22,24). The molecule has 0 spiro atoms. The van der Waals surface area contributed by atoms with Gasteiger partial charge in [0.1, 0.15) is 17.4 Å². The fraction of sp³-hybridized carbons (Fsp3) is 0.333. The van der Waals surface area contributed by atoms with Crippen LogP contribution in [-0.2, 0) is 4.79 Å². The number of carbonyl (C=O) groups excluding carboxylic acids is 2. The van der Waals surface area contributed by atoms with Gasteiger partial charge in [-0.15, -0.1) is 0 Å². The lowest BCUT2D eigenvalue weighted by atomic mass is 10.0. The maximum Gasteiger partial charge on any atom is 0.290 e. The van der Waals surface area contributed by atoms with E-state index in [-0.39, 0.29) is 23.6 Å². The summed E-state index contributed by atoms with van der Waals surface area (Å²) in [5, 5.41) is 4.00. The Morgan fingerprint density at radius 3 is 2.81 bits per heavy atom. The van der Waals surface area contributed by atoms with E-state index in [4.69, 9.17) is 8.83 Å². The molecule has 27 heavy (non-hydrogen) atoms. The maximum absolute atomic E-state index is 12.9. The number of hydrogen-bond acceptors (Lipinski definition) is 4. The average molecular weight is 366 g/mol. The van der Waals surface area contributed by atoms with Crippen LogP contribution in [0.3, 0.4) is 0 Å². The van der Waals surface area contributed by atoms with E-state index in [1.807, 2.05) is 37.3 Å². The van der Waals surface area contributed by atoms with Gasteiger partial charge >= 0.3 is 0 Å². The Balaban J connectivity index is 1.49. The lowest BCUT2D eigenvalue weighted by Crippen LogP contribution is -2.52. The number of benzene rings is 1. The number of fused-ring (bicyclic) bond motifs is 1. The molecule has 4 rings (SSSR count). The SMILES string of the molecule is CC(NC(=O)C1CCCCN1C(=O)c1ccco1)c1cc2ccccc2o1. The summed E-state index contributed by atoms with van der Waals surface area (Å²) >= 11 is 0.